The number of nitrogen functional groups attached to an aromatic ring is 1. The van der Waals surface area contributed by atoms with Gasteiger partial charge in [-0.1, -0.05) is 0 Å². The molecule has 94 valence electrons. The van der Waals surface area contributed by atoms with Gasteiger partial charge in [0.1, 0.15) is 0 Å². The average molecular weight is 254 g/mol. The van der Waals surface area contributed by atoms with E-state index in [0.29, 0.717) is 18.8 Å². The fourth-order valence-electron chi connectivity index (χ4n) is 2.10. The molecule has 5 heteroatoms. The molecule has 0 aromatic carbocycles. The normalized spacial score (nSPS) is 25.0. The predicted molar refractivity (Wildman–Crippen MR) is 69.4 cm³/mol. The van der Waals surface area contributed by atoms with Crippen LogP contribution in [-0.2, 0) is 4.74 Å². The Bertz CT molecular complexity index is 401. The van der Waals surface area contributed by atoms with Crippen LogP contribution in [0.1, 0.15) is 28.4 Å². The topological polar surface area (TPSA) is 55.6 Å². The summed E-state index contributed by atoms with van der Waals surface area (Å²) < 4.78 is 5.62. The van der Waals surface area contributed by atoms with Gasteiger partial charge >= 0.3 is 0 Å². The van der Waals surface area contributed by atoms with Crippen LogP contribution < -0.4 is 5.73 Å². The number of thiophene rings is 1. The number of hydrogen-bond donors (Lipinski definition) is 1. The second-order valence-electron chi connectivity index (χ2n) is 4.59. The highest BCUT2D eigenvalue weighted by Gasteiger charge is 2.27. The van der Waals surface area contributed by atoms with Gasteiger partial charge in [0.2, 0.25) is 0 Å². The Kier molecular flexibility index (Phi) is 3.40. The Morgan fingerprint density at radius 1 is 1.47 bits per heavy atom. The van der Waals surface area contributed by atoms with Crippen LogP contribution in [-0.4, -0.2) is 36.1 Å². The van der Waals surface area contributed by atoms with Gasteiger partial charge in [-0.15, -0.1) is 11.3 Å². The highest BCUT2D eigenvalue weighted by Crippen LogP contribution is 2.25. The van der Waals surface area contributed by atoms with E-state index in [1.54, 1.807) is 6.07 Å². The van der Waals surface area contributed by atoms with Gasteiger partial charge in [0.25, 0.3) is 5.91 Å². The lowest BCUT2D eigenvalue weighted by Crippen LogP contribution is -2.48. The third kappa shape index (κ3) is 2.61. The summed E-state index contributed by atoms with van der Waals surface area (Å²) in [4.78, 5) is 15.9. The zero-order valence-electron chi connectivity index (χ0n) is 10.4. The molecule has 2 unspecified atom stereocenters. The average Bonchev–Trinajstić information content (AvgIpc) is 2.57. The van der Waals surface area contributed by atoms with Gasteiger partial charge in [0.15, 0.2) is 0 Å². The minimum atomic E-state index is 0.0665. The minimum absolute atomic E-state index is 0.0665. The maximum Gasteiger partial charge on any atom is 0.264 e. The molecule has 1 amide bonds. The van der Waals surface area contributed by atoms with E-state index in [1.807, 2.05) is 25.7 Å². The van der Waals surface area contributed by atoms with Gasteiger partial charge in [0, 0.05) is 23.7 Å². The molecular weight excluding hydrogens is 236 g/mol. The number of nitrogens with two attached hydrogens (primary N) is 1. The Hall–Kier alpha value is -1.07. The van der Waals surface area contributed by atoms with Crippen LogP contribution in [0.2, 0.25) is 0 Å². The molecular formula is C12H18N2O2S. The molecule has 1 aromatic heterocycles. The van der Waals surface area contributed by atoms with Crippen molar-refractivity contribution in [3.63, 3.8) is 0 Å². The summed E-state index contributed by atoms with van der Waals surface area (Å²) in [7, 11) is 0. The first-order chi connectivity index (χ1) is 7.97. The van der Waals surface area contributed by atoms with E-state index in [4.69, 9.17) is 10.5 Å². The molecule has 0 bridgehead atoms. The van der Waals surface area contributed by atoms with Gasteiger partial charge in [-0.3, -0.25) is 4.79 Å². The van der Waals surface area contributed by atoms with Gasteiger partial charge in [-0.2, -0.15) is 0 Å². The lowest BCUT2D eigenvalue weighted by Gasteiger charge is -2.35. The van der Waals surface area contributed by atoms with Crippen molar-refractivity contribution < 1.29 is 9.53 Å². The molecule has 0 saturated carbocycles. The number of aryl methyl sites for hydroxylation is 1. The molecule has 2 N–H and O–H groups in total. The van der Waals surface area contributed by atoms with E-state index in [-0.39, 0.29) is 18.1 Å². The third-order valence-corrected chi connectivity index (χ3v) is 3.93. The van der Waals surface area contributed by atoms with Crippen LogP contribution in [0.25, 0.3) is 0 Å². The van der Waals surface area contributed by atoms with Crippen molar-refractivity contribution in [2.45, 2.75) is 33.0 Å². The lowest BCUT2D eigenvalue weighted by atomic mass is 10.2. The summed E-state index contributed by atoms with van der Waals surface area (Å²) in [5, 5.41) is 0. The SMILES string of the molecule is Cc1sc(C(=O)N2CC(C)OC(C)C2)cc1N. The Balaban J connectivity index is 2.14. The van der Waals surface area contributed by atoms with Crippen molar-refractivity contribution in [3.05, 3.63) is 15.8 Å². The first-order valence-electron chi connectivity index (χ1n) is 5.78. The molecule has 0 spiro atoms. The number of hydrogen-bond acceptors (Lipinski definition) is 4. The number of amides is 1. The van der Waals surface area contributed by atoms with Crippen molar-refractivity contribution >= 4 is 22.9 Å². The number of carbonyl (C=O) groups is 1. The number of anilines is 1. The van der Waals surface area contributed by atoms with E-state index in [1.165, 1.54) is 11.3 Å². The summed E-state index contributed by atoms with van der Waals surface area (Å²) in [5.74, 6) is 0.0665. The fraction of sp³-hybridized carbons (Fsp3) is 0.583. The second-order valence-corrected chi connectivity index (χ2v) is 5.85. The summed E-state index contributed by atoms with van der Waals surface area (Å²) in [6.45, 7) is 7.22. The van der Waals surface area contributed by atoms with Crippen molar-refractivity contribution in [1.29, 1.82) is 0 Å². The molecule has 4 nitrogen and oxygen atoms in total. The van der Waals surface area contributed by atoms with E-state index in [2.05, 4.69) is 0 Å². The summed E-state index contributed by atoms with van der Waals surface area (Å²) in [5.41, 5.74) is 6.48. The molecule has 0 aliphatic carbocycles. The summed E-state index contributed by atoms with van der Waals surface area (Å²) in [6.07, 6.45) is 0.196. The molecule has 2 atom stereocenters. The van der Waals surface area contributed by atoms with Crippen molar-refractivity contribution in [2.24, 2.45) is 0 Å². The van der Waals surface area contributed by atoms with Gasteiger partial charge in [-0.05, 0) is 26.8 Å². The molecule has 0 radical (unpaired) electrons. The zero-order valence-corrected chi connectivity index (χ0v) is 11.2. The van der Waals surface area contributed by atoms with E-state index < -0.39 is 0 Å². The zero-order chi connectivity index (χ0) is 12.6. The number of rotatable bonds is 1. The standard InChI is InChI=1S/C12H18N2O2S/c1-7-5-14(6-8(2)16-7)12(15)11-4-10(13)9(3)17-11/h4,7-8H,5-6,13H2,1-3H3. The first-order valence-corrected chi connectivity index (χ1v) is 6.59. The van der Waals surface area contributed by atoms with Crippen LogP contribution in [0.4, 0.5) is 5.69 Å². The van der Waals surface area contributed by atoms with E-state index >= 15 is 0 Å². The number of nitrogens with zero attached hydrogens (tertiary/aromatic N) is 1. The molecule has 1 aromatic rings. The number of morpholine rings is 1. The summed E-state index contributed by atoms with van der Waals surface area (Å²) in [6, 6.07) is 1.77. The molecule has 1 fully saturated rings. The molecule has 17 heavy (non-hydrogen) atoms. The lowest BCUT2D eigenvalue weighted by molar-refractivity contribution is -0.0585. The highest BCUT2D eigenvalue weighted by atomic mass is 32.1. The van der Waals surface area contributed by atoms with Crippen molar-refractivity contribution in [3.8, 4) is 0 Å². The predicted octanol–water partition coefficient (Wildman–Crippen LogP) is 1.89. The highest BCUT2D eigenvalue weighted by molar-refractivity contribution is 7.14. The summed E-state index contributed by atoms with van der Waals surface area (Å²) >= 11 is 1.46. The quantitative estimate of drug-likeness (QED) is 0.832. The Morgan fingerprint density at radius 3 is 2.53 bits per heavy atom. The van der Waals surface area contributed by atoms with Crippen LogP contribution >= 0.6 is 11.3 Å². The van der Waals surface area contributed by atoms with Crippen LogP contribution in [0.5, 0.6) is 0 Å². The second kappa shape index (κ2) is 4.66. The van der Waals surface area contributed by atoms with Crippen molar-refractivity contribution in [2.75, 3.05) is 18.8 Å². The monoisotopic (exact) mass is 254 g/mol. The maximum absolute atomic E-state index is 12.3. The van der Waals surface area contributed by atoms with Gasteiger partial charge in [-0.25, -0.2) is 0 Å². The van der Waals surface area contributed by atoms with Gasteiger partial charge in [0.05, 0.1) is 17.1 Å². The smallest absolute Gasteiger partial charge is 0.264 e. The molecule has 1 aliphatic heterocycles. The Morgan fingerprint density at radius 2 is 2.06 bits per heavy atom. The maximum atomic E-state index is 12.3. The Labute approximate surface area is 105 Å². The molecule has 1 saturated heterocycles. The van der Waals surface area contributed by atoms with E-state index in [0.717, 1.165) is 9.75 Å². The van der Waals surface area contributed by atoms with Crippen LogP contribution in [0, 0.1) is 6.92 Å². The molecule has 2 rings (SSSR count). The van der Waals surface area contributed by atoms with Gasteiger partial charge < -0.3 is 15.4 Å². The van der Waals surface area contributed by atoms with Crippen LogP contribution in [0.3, 0.4) is 0 Å². The fourth-order valence-corrected chi connectivity index (χ4v) is 3.01. The largest absolute Gasteiger partial charge is 0.398 e. The molecule has 1 aliphatic rings. The van der Waals surface area contributed by atoms with Crippen molar-refractivity contribution in [1.82, 2.24) is 4.90 Å². The molecule has 2 heterocycles. The number of ether oxygens (including phenoxy) is 1. The number of carbonyl (C=O) groups excluding carboxylic acids is 1. The van der Waals surface area contributed by atoms with E-state index in [9.17, 15) is 4.79 Å². The van der Waals surface area contributed by atoms with Crippen LogP contribution in [0.15, 0.2) is 6.07 Å². The first kappa shape index (κ1) is 12.4. The third-order valence-electron chi connectivity index (χ3n) is 2.87. The minimum Gasteiger partial charge on any atom is -0.398 e.